The van der Waals surface area contributed by atoms with E-state index in [9.17, 15) is 4.39 Å². The van der Waals surface area contributed by atoms with Gasteiger partial charge in [0.2, 0.25) is 0 Å². The molecule has 0 aromatic heterocycles. The van der Waals surface area contributed by atoms with Gasteiger partial charge >= 0.3 is 0 Å². The molecule has 0 bridgehead atoms. The lowest BCUT2D eigenvalue weighted by atomic mass is 9.94. The average molecular weight is 465 g/mol. The summed E-state index contributed by atoms with van der Waals surface area (Å²) in [5, 5.41) is 0.851. The maximum Gasteiger partial charge on any atom is 0.127 e. The summed E-state index contributed by atoms with van der Waals surface area (Å²) in [6, 6.07) is 13.5. The van der Waals surface area contributed by atoms with Crippen LogP contribution in [0.5, 0.6) is 0 Å². The van der Waals surface area contributed by atoms with Gasteiger partial charge in [0.25, 0.3) is 0 Å². The second-order valence-corrected chi connectivity index (χ2v) is 7.17. The van der Waals surface area contributed by atoms with Crippen molar-refractivity contribution < 1.29 is 4.39 Å². The lowest BCUT2D eigenvalue weighted by Crippen LogP contribution is -2.11. The van der Waals surface area contributed by atoms with Crippen molar-refractivity contribution in [2.45, 2.75) is 12.8 Å². The molecule has 0 amide bonds. The predicted octanol–water partition coefficient (Wildman–Crippen LogP) is 6.15. The normalized spacial score (nSPS) is 12.4. The Bertz CT molecular complexity index is 584. The lowest BCUT2D eigenvalue weighted by molar-refractivity contribution is 0.549. The molecule has 106 valence electrons. The average Bonchev–Trinajstić information content (AvgIpc) is 2.43. The molecule has 2 aromatic rings. The van der Waals surface area contributed by atoms with Gasteiger partial charge in [-0.2, -0.15) is 0 Å². The third kappa shape index (κ3) is 4.40. The summed E-state index contributed by atoms with van der Waals surface area (Å²) < 4.78 is 15.8. The molecule has 0 saturated heterocycles. The van der Waals surface area contributed by atoms with E-state index < -0.39 is 0 Å². The van der Waals surface area contributed by atoms with Crippen LogP contribution in [0.3, 0.4) is 0 Å². The fourth-order valence-corrected chi connectivity index (χ4v) is 3.39. The molecule has 0 spiro atoms. The summed E-state index contributed by atoms with van der Waals surface area (Å²) in [4.78, 5) is 0. The Morgan fingerprint density at radius 2 is 1.65 bits per heavy atom. The van der Waals surface area contributed by atoms with E-state index in [2.05, 4.69) is 53.9 Å². The maximum absolute atomic E-state index is 13.9. The summed E-state index contributed by atoms with van der Waals surface area (Å²) in [5.74, 6) is 0.224. The molecule has 2 aromatic carbocycles. The van der Waals surface area contributed by atoms with Gasteiger partial charge in [-0.05, 0) is 48.1 Å². The molecule has 0 saturated carbocycles. The Hall–Kier alpha value is -0.190. The molecule has 0 aliphatic carbocycles. The second-order valence-electron chi connectivity index (χ2n) is 4.76. The number of halogens is 4. The fourth-order valence-electron chi connectivity index (χ4n) is 2.15. The van der Waals surface area contributed by atoms with E-state index in [0.717, 1.165) is 32.7 Å². The predicted molar refractivity (Wildman–Crippen MR) is 92.9 cm³/mol. The number of hydrogen-bond acceptors (Lipinski definition) is 0. The molecular formula is C16H14Br3F. The Morgan fingerprint density at radius 3 is 2.30 bits per heavy atom. The molecule has 1 unspecified atom stereocenters. The summed E-state index contributed by atoms with van der Waals surface area (Å²) in [5.41, 5.74) is 2.03. The topological polar surface area (TPSA) is 0 Å². The number of benzene rings is 2. The van der Waals surface area contributed by atoms with E-state index in [1.807, 2.05) is 30.3 Å². The molecule has 2 rings (SSSR count). The van der Waals surface area contributed by atoms with Gasteiger partial charge in [0.15, 0.2) is 0 Å². The summed E-state index contributed by atoms with van der Waals surface area (Å²) >= 11 is 10.4. The SMILES string of the molecule is Fc1cc(Br)ccc1CC(CBr)Cc1ccccc1Br. The van der Waals surface area contributed by atoms with E-state index in [4.69, 9.17) is 0 Å². The lowest BCUT2D eigenvalue weighted by Gasteiger charge is -2.16. The van der Waals surface area contributed by atoms with Crippen LogP contribution in [0.2, 0.25) is 0 Å². The van der Waals surface area contributed by atoms with Crippen molar-refractivity contribution >= 4 is 47.8 Å². The first-order valence-corrected chi connectivity index (χ1v) is 9.04. The van der Waals surface area contributed by atoms with E-state index in [1.165, 1.54) is 11.6 Å². The van der Waals surface area contributed by atoms with E-state index in [-0.39, 0.29) is 5.82 Å². The molecule has 20 heavy (non-hydrogen) atoms. The molecule has 0 radical (unpaired) electrons. The highest BCUT2D eigenvalue weighted by molar-refractivity contribution is 9.10. The smallest absolute Gasteiger partial charge is 0.127 e. The van der Waals surface area contributed by atoms with Crippen LogP contribution in [0.15, 0.2) is 51.4 Å². The standard InChI is InChI=1S/C16H14Br3F/c17-10-11(7-12-3-1-2-4-15(12)19)8-13-5-6-14(18)9-16(13)20/h1-6,9,11H,7-8,10H2. The van der Waals surface area contributed by atoms with Crippen LogP contribution in [0.4, 0.5) is 4.39 Å². The molecule has 0 heterocycles. The van der Waals surface area contributed by atoms with Gasteiger partial charge in [-0.25, -0.2) is 4.39 Å². The van der Waals surface area contributed by atoms with E-state index in [0.29, 0.717) is 5.92 Å². The van der Waals surface area contributed by atoms with Gasteiger partial charge in [-0.3, -0.25) is 0 Å². The van der Waals surface area contributed by atoms with Crippen molar-refractivity contribution in [3.8, 4) is 0 Å². The van der Waals surface area contributed by atoms with Gasteiger partial charge < -0.3 is 0 Å². The number of rotatable bonds is 5. The molecular weight excluding hydrogens is 451 g/mol. The first kappa shape index (κ1) is 16.2. The summed E-state index contributed by atoms with van der Waals surface area (Å²) in [7, 11) is 0. The molecule has 0 N–H and O–H groups in total. The largest absolute Gasteiger partial charge is 0.207 e. The zero-order valence-electron chi connectivity index (χ0n) is 10.8. The number of hydrogen-bond donors (Lipinski definition) is 0. The van der Waals surface area contributed by atoms with E-state index >= 15 is 0 Å². The zero-order chi connectivity index (χ0) is 14.5. The van der Waals surface area contributed by atoms with Gasteiger partial charge in [0.1, 0.15) is 5.82 Å². The van der Waals surface area contributed by atoms with Gasteiger partial charge in [0, 0.05) is 14.3 Å². The van der Waals surface area contributed by atoms with Crippen LogP contribution in [0.25, 0.3) is 0 Å². The molecule has 0 fully saturated rings. The monoisotopic (exact) mass is 462 g/mol. The summed E-state index contributed by atoms with van der Waals surface area (Å²) in [6.07, 6.45) is 1.65. The second kappa shape index (κ2) is 7.71. The van der Waals surface area contributed by atoms with Crippen molar-refractivity contribution in [1.82, 2.24) is 0 Å². The highest BCUT2D eigenvalue weighted by atomic mass is 79.9. The minimum Gasteiger partial charge on any atom is -0.207 e. The Kier molecular flexibility index (Phi) is 6.24. The van der Waals surface area contributed by atoms with Gasteiger partial charge in [-0.1, -0.05) is 72.1 Å². The highest BCUT2D eigenvalue weighted by Gasteiger charge is 2.14. The van der Waals surface area contributed by atoms with Crippen LogP contribution in [-0.4, -0.2) is 5.33 Å². The van der Waals surface area contributed by atoms with Crippen molar-refractivity contribution in [3.05, 3.63) is 68.4 Å². The molecule has 0 aliphatic heterocycles. The van der Waals surface area contributed by atoms with Crippen LogP contribution >= 0.6 is 47.8 Å². The van der Waals surface area contributed by atoms with Crippen molar-refractivity contribution in [2.75, 3.05) is 5.33 Å². The molecule has 4 heteroatoms. The molecule has 0 aliphatic rings. The van der Waals surface area contributed by atoms with Crippen LogP contribution in [0, 0.1) is 11.7 Å². The van der Waals surface area contributed by atoms with Crippen molar-refractivity contribution in [2.24, 2.45) is 5.92 Å². The Balaban J connectivity index is 2.11. The molecule has 0 nitrogen and oxygen atoms in total. The van der Waals surface area contributed by atoms with Crippen LogP contribution < -0.4 is 0 Å². The Labute approximate surface area is 144 Å². The molecule has 1 atom stereocenters. The zero-order valence-corrected chi connectivity index (χ0v) is 15.5. The Morgan fingerprint density at radius 1 is 0.950 bits per heavy atom. The fraction of sp³-hybridized carbons (Fsp3) is 0.250. The quantitative estimate of drug-likeness (QED) is 0.466. The van der Waals surface area contributed by atoms with Crippen LogP contribution in [0.1, 0.15) is 11.1 Å². The van der Waals surface area contributed by atoms with E-state index in [1.54, 1.807) is 0 Å². The van der Waals surface area contributed by atoms with Crippen molar-refractivity contribution in [1.29, 1.82) is 0 Å². The number of alkyl halides is 1. The van der Waals surface area contributed by atoms with Gasteiger partial charge in [0.05, 0.1) is 0 Å². The van der Waals surface area contributed by atoms with Crippen LogP contribution in [-0.2, 0) is 12.8 Å². The summed E-state index contributed by atoms with van der Waals surface area (Å²) in [6.45, 7) is 0. The maximum atomic E-state index is 13.9. The first-order valence-electron chi connectivity index (χ1n) is 6.33. The minimum absolute atomic E-state index is 0.141. The highest BCUT2D eigenvalue weighted by Crippen LogP contribution is 2.24. The van der Waals surface area contributed by atoms with Gasteiger partial charge in [-0.15, -0.1) is 0 Å². The third-order valence-electron chi connectivity index (χ3n) is 3.21. The first-order chi connectivity index (χ1) is 9.60. The third-order valence-corrected chi connectivity index (χ3v) is 5.39. The van der Waals surface area contributed by atoms with Crippen molar-refractivity contribution in [3.63, 3.8) is 0 Å². The minimum atomic E-state index is -0.141.